The van der Waals surface area contributed by atoms with Crippen LogP contribution in [0.25, 0.3) is 5.78 Å². The monoisotopic (exact) mass is 339 g/mol. The highest BCUT2D eigenvalue weighted by atomic mass is 16.2. The lowest BCUT2D eigenvalue weighted by atomic mass is 10.3. The molecule has 0 fully saturated rings. The Labute approximate surface area is 145 Å². The van der Waals surface area contributed by atoms with E-state index >= 15 is 0 Å². The van der Waals surface area contributed by atoms with E-state index in [4.69, 9.17) is 0 Å². The number of pyridine rings is 1. The molecule has 8 heteroatoms. The van der Waals surface area contributed by atoms with Crippen molar-refractivity contribution in [2.24, 2.45) is 0 Å². The van der Waals surface area contributed by atoms with Gasteiger partial charge in [-0.25, -0.2) is 9.97 Å². The Morgan fingerprint density at radius 2 is 2.00 bits per heavy atom. The molecule has 0 aliphatic heterocycles. The number of nitrogens with one attached hydrogen (secondary N) is 2. The van der Waals surface area contributed by atoms with Gasteiger partial charge in [0.25, 0.3) is 11.7 Å². The highest BCUT2D eigenvalue weighted by Gasteiger charge is 2.16. The summed E-state index contributed by atoms with van der Waals surface area (Å²) in [6.45, 7) is 7.04. The fraction of sp³-hybridized carbons (Fsp3) is 0.353. The van der Waals surface area contributed by atoms with Crippen LogP contribution in [0.3, 0.4) is 0 Å². The first-order chi connectivity index (χ1) is 12.0. The molecule has 8 nitrogen and oxygen atoms in total. The average molecular weight is 339 g/mol. The van der Waals surface area contributed by atoms with E-state index in [-0.39, 0.29) is 11.7 Å². The number of carbonyl (C=O) groups excluding carboxylic acids is 1. The number of rotatable bonds is 6. The summed E-state index contributed by atoms with van der Waals surface area (Å²) in [6, 6.07) is 5.84. The summed E-state index contributed by atoms with van der Waals surface area (Å²) in [5, 5.41) is 14.0. The minimum Gasteiger partial charge on any atom is -0.370 e. The molecule has 0 aliphatic rings. The molecule has 130 valence electrons. The highest BCUT2D eigenvalue weighted by Crippen LogP contribution is 2.08. The zero-order valence-electron chi connectivity index (χ0n) is 14.6. The number of nitrogens with zero attached hydrogens (tertiary/aromatic N) is 5. The van der Waals surface area contributed by atoms with E-state index < -0.39 is 0 Å². The lowest BCUT2D eigenvalue weighted by molar-refractivity contribution is 0.0941. The maximum Gasteiger partial charge on any atom is 0.289 e. The first-order valence-corrected chi connectivity index (χ1v) is 8.18. The molecule has 0 atom stereocenters. The molecule has 0 aliphatic carbocycles. The first kappa shape index (κ1) is 16.8. The Kier molecular flexibility index (Phi) is 4.87. The molecule has 0 spiro atoms. The van der Waals surface area contributed by atoms with Crippen LogP contribution in [-0.4, -0.2) is 43.6 Å². The van der Waals surface area contributed by atoms with Crippen LogP contribution in [0, 0.1) is 20.8 Å². The largest absolute Gasteiger partial charge is 0.370 e. The van der Waals surface area contributed by atoms with E-state index in [1.54, 1.807) is 4.40 Å². The van der Waals surface area contributed by atoms with Crippen LogP contribution in [0.15, 0.2) is 24.4 Å². The summed E-state index contributed by atoms with van der Waals surface area (Å²) >= 11 is 0. The molecule has 3 rings (SSSR count). The lowest BCUT2D eigenvalue weighted by Crippen LogP contribution is -2.28. The molecule has 0 radical (unpaired) electrons. The predicted molar refractivity (Wildman–Crippen MR) is 94.7 cm³/mol. The molecular formula is C17H21N7O. The summed E-state index contributed by atoms with van der Waals surface area (Å²) in [6.07, 6.45) is 2.59. The molecule has 0 aromatic carbocycles. The van der Waals surface area contributed by atoms with Crippen molar-refractivity contribution in [2.75, 3.05) is 18.4 Å². The standard InChI is InChI=1S/C17H21N7O/c1-11-5-6-14(20-10-11)18-7-4-8-19-16(25)15-22-23-17-21-12(2)9-13(3)24(15)17/h5-6,9-10H,4,7-8H2,1-3H3,(H,18,20)(H,19,25). The van der Waals surface area contributed by atoms with Gasteiger partial charge >= 0.3 is 0 Å². The molecule has 1 amide bonds. The smallest absolute Gasteiger partial charge is 0.289 e. The molecule has 0 bridgehead atoms. The van der Waals surface area contributed by atoms with Crippen molar-refractivity contribution >= 4 is 17.5 Å². The van der Waals surface area contributed by atoms with Crippen LogP contribution >= 0.6 is 0 Å². The topological polar surface area (TPSA) is 97.1 Å². The van der Waals surface area contributed by atoms with Crippen molar-refractivity contribution in [3.63, 3.8) is 0 Å². The molecule has 2 N–H and O–H groups in total. The molecular weight excluding hydrogens is 318 g/mol. The molecule has 0 saturated heterocycles. The summed E-state index contributed by atoms with van der Waals surface area (Å²) in [5.41, 5.74) is 2.85. The van der Waals surface area contributed by atoms with Gasteiger partial charge in [0.2, 0.25) is 5.82 Å². The Bertz CT molecular complexity index is 886. The van der Waals surface area contributed by atoms with Gasteiger partial charge in [0.1, 0.15) is 5.82 Å². The second-order valence-electron chi connectivity index (χ2n) is 5.95. The number of hydrogen-bond donors (Lipinski definition) is 2. The van der Waals surface area contributed by atoms with E-state index in [2.05, 4.69) is 30.8 Å². The molecule has 3 heterocycles. The van der Waals surface area contributed by atoms with Crippen LogP contribution in [0.5, 0.6) is 0 Å². The van der Waals surface area contributed by atoms with Crippen molar-refractivity contribution < 1.29 is 4.79 Å². The maximum atomic E-state index is 12.3. The van der Waals surface area contributed by atoms with E-state index in [1.165, 1.54) is 0 Å². The van der Waals surface area contributed by atoms with Gasteiger partial charge in [-0.3, -0.25) is 9.20 Å². The van der Waals surface area contributed by atoms with Gasteiger partial charge in [-0.1, -0.05) is 6.07 Å². The van der Waals surface area contributed by atoms with Crippen molar-refractivity contribution in [3.05, 3.63) is 47.2 Å². The molecule has 3 aromatic heterocycles. The highest BCUT2D eigenvalue weighted by molar-refractivity contribution is 5.91. The van der Waals surface area contributed by atoms with Crippen LogP contribution in [0.4, 0.5) is 5.82 Å². The van der Waals surface area contributed by atoms with Crippen molar-refractivity contribution in [1.82, 2.24) is 29.9 Å². The summed E-state index contributed by atoms with van der Waals surface area (Å²) in [4.78, 5) is 20.9. The Balaban J connectivity index is 1.52. The van der Waals surface area contributed by atoms with Crippen LogP contribution in [0.2, 0.25) is 0 Å². The van der Waals surface area contributed by atoms with Gasteiger partial charge in [-0.15, -0.1) is 10.2 Å². The Morgan fingerprint density at radius 1 is 1.16 bits per heavy atom. The maximum absolute atomic E-state index is 12.3. The molecule has 3 aromatic rings. The zero-order valence-corrected chi connectivity index (χ0v) is 14.6. The normalized spacial score (nSPS) is 10.8. The van der Waals surface area contributed by atoms with Crippen molar-refractivity contribution in [3.8, 4) is 0 Å². The van der Waals surface area contributed by atoms with Crippen molar-refractivity contribution in [1.29, 1.82) is 0 Å². The number of amides is 1. The zero-order chi connectivity index (χ0) is 17.8. The van der Waals surface area contributed by atoms with Gasteiger partial charge in [-0.2, -0.15) is 0 Å². The van der Waals surface area contributed by atoms with Crippen LogP contribution in [-0.2, 0) is 0 Å². The number of aryl methyl sites for hydroxylation is 3. The first-order valence-electron chi connectivity index (χ1n) is 8.18. The fourth-order valence-electron chi connectivity index (χ4n) is 2.54. The Morgan fingerprint density at radius 3 is 2.76 bits per heavy atom. The third-order valence-corrected chi connectivity index (χ3v) is 3.75. The molecule has 0 unspecified atom stereocenters. The second kappa shape index (κ2) is 7.25. The average Bonchev–Trinajstić information content (AvgIpc) is 3.00. The Hall–Kier alpha value is -3.03. The van der Waals surface area contributed by atoms with E-state index in [1.807, 2.05) is 45.2 Å². The lowest BCUT2D eigenvalue weighted by Gasteiger charge is -2.07. The van der Waals surface area contributed by atoms with Crippen molar-refractivity contribution in [2.45, 2.75) is 27.2 Å². The molecule has 0 saturated carbocycles. The van der Waals surface area contributed by atoms with Gasteiger partial charge in [0.05, 0.1) is 0 Å². The quantitative estimate of drug-likeness (QED) is 0.663. The van der Waals surface area contributed by atoms with Crippen LogP contribution < -0.4 is 10.6 Å². The SMILES string of the molecule is Cc1ccc(NCCCNC(=O)c2nnc3nc(C)cc(C)n23)nc1. The van der Waals surface area contributed by atoms with Gasteiger partial charge in [-0.05, 0) is 44.9 Å². The van der Waals surface area contributed by atoms with E-state index in [9.17, 15) is 4.79 Å². The number of carbonyl (C=O) groups is 1. The summed E-state index contributed by atoms with van der Waals surface area (Å²) in [5.74, 6) is 1.27. The van der Waals surface area contributed by atoms with E-state index in [0.717, 1.165) is 35.7 Å². The predicted octanol–water partition coefficient (Wildman–Crippen LogP) is 1.68. The van der Waals surface area contributed by atoms with Gasteiger partial charge < -0.3 is 10.6 Å². The van der Waals surface area contributed by atoms with Crippen LogP contribution in [0.1, 0.15) is 34.0 Å². The van der Waals surface area contributed by atoms with Gasteiger partial charge in [0.15, 0.2) is 0 Å². The number of hydrogen-bond acceptors (Lipinski definition) is 6. The number of fused-ring (bicyclic) bond motifs is 1. The van der Waals surface area contributed by atoms with E-state index in [0.29, 0.717) is 12.3 Å². The summed E-state index contributed by atoms with van der Waals surface area (Å²) in [7, 11) is 0. The third kappa shape index (κ3) is 3.90. The number of anilines is 1. The second-order valence-corrected chi connectivity index (χ2v) is 5.95. The number of aromatic nitrogens is 5. The fourth-order valence-corrected chi connectivity index (χ4v) is 2.54. The van der Waals surface area contributed by atoms with Gasteiger partial charge in [0, 0.05) is 30.7 Å². The third-order valence-electron chi connectivity index (χ3n) is 3.75. The molecule has 25 heavy (non-hydrogen) atoms. The minimum atomic E-state index is -0.255. The summed E-state index contributed by atoms with van der Waals surface area (Å²) < 4.78 is 1.66. The minimum absolute atomic E-state index is 0.255.